The van der Waals surface area contributed by atoms with E-state index in [0.717, 1.165) is 25.1 Å². The topological polar surface area (TPSA) is 87.6 Å². The molecule has 1 aliphatic rings. The van der Waals surface area contributed by atoms with Crippen molar-refractivity contribution in [3.8, 4) is 0 Å². The quantitative estimate of drug-likeness (QED) is 0.382. The molecule has 7 heteroatoms. The number of hydrogen-bond acceptors (Lipinski definition) is 6. The van der Waals surface area contributed by atoms with Crippen LogP contribution in [0.5, 0.6) is 0 Å². The van der Waals surface area contributed by atoms with Crippen molar-refractivity contribution in [2.24, 2.45) is 10.9 Å². The van der Waals surface area contributed by atoms with E-state index in [4.69, 9.17) is 10.9 Å². The number of anilines is 1. The van der Waals surface area contributed by atoms with Crippen molar-refractivity contribution in [1.82, 2.24) is 9.97 Å². The number of rotatable bonds is 5. The molecule has 0 radical (unpaired) electrons. The summed E-state index contributed by atoms with van der Waals surface area (Å²) in [6, 6.07) is 4.31. The molecule has 0 unspecified atom stereocenters. The maximum atomic E-state index is 8.83. The molecule has 1 fully saturated rings. The summed E-state index contributed by atoms with van der Waals surface area (Å²) in [4.78, 5) is 11.2. The Bertz CT molecular complexity index is 651. The first-order chi connectivity index (χ1) is 10.2. The molecular weight excluding hydrogens is 286 g/mol. The molecule has 0 aliphatic heterocycles. The number of aryl methyl sites for hydroxylation is 1. The van der Waals surface area contributed by atoms with Gasteiger partial charge in [-0.25, -0.2) is 9.97 Å². The maximum Gasteiger partial charge on any atom is 0.226 e. The van der Waals surface area contributed by atoms with Gasteiger partial charge in [0.15, 0.2) is 5.84 Å². The summed E-state index contributed by atoms with van der Waals surface area (Å²) in [5.74, 6) is 0.651. The van der Waals surface area contributed by atoms with Gasteiger partial charge in [-0.1, -0.05) is 5.16 Å². The summed E-state index contributed by atoms with van der Waals surface area (Å²) in [6.45, 7) is 2.67. The molecular formula is C14H17N5OS. The molecule has 0 atom stereocenters. The SMILES string of the molecule is Cc1cc(/C(N)=N/O)nc(N(Cc2ccsc2)C2CC2)n1. The summed E-state index contributed by atoms with van der Waals surface area (Å²) >= 11 is 1.68. The third-order valence-corrected chi connectivity index (χ3v) is 4.12. The van der Waals surface area contributed by atoms with Gasteiger partial charge in [0.05, 0.1) is 0 Å². The molecule has 3 N–H and O–H groups in total. The van der Waals surface area contributed by atoms with E-state index in [9.17, 15) is 0 Å². The van der Waals surface area contributed by atoms with E-state index in [-0.39, 0.29) is 5.84 Å². The third kappa shape index (κ3) is 3.13. The van der Waals surface area contributed by atoms with Crippen molar-refractivity contribution in [2.75, 3.05) is 4.90 Å². The summed E-state index contributed by atoms with van der Waals surface area (Å²) in [6.07, 6.45) is 2.31. The standard InChI is InChI=1S/C14H17N5OS/c1-9-6-12(13(15)18-20)17-14(16-9)19(11-2-3-11)7-10-4-5-21-8-10/h4-6,8,11,20H,2-3,7H2,1H3,(H2,15,18). The Balaban J connectivity index is 1.93. The van der Waals surface area contributed by atoms with Crippen LogP contribution in [-0.4, -0.2) is 27.1 Å². The zero-order valence-corrected chi connectivity index (χ0v) is 12.5. The van der Waals surface area contributed by atoms with Crippen LogP contribution < -0.4 is 10.6 Å². The van der Waals surface area contributed by atoms with Crippen molar-refractivity contribution in [2.45, 2.75) is 32.4 Å². The van der Waals surface area contributed by atoms with Gasteiger partial charge >= 0.3 is 0 Å². The van der Waals surface area contributed by atoms with E-state index in [2.05, 4.69) is 36.9 Å². The van der Waals surface area contributed by atoms with Crippen LogP contribution in [0.4, 0.5) is 5.95 Å². The Morgan fingerprint density at radius 1 is 1.52 bits per heavy atom. The van der Waals surface area contributed by atoms with Crippen molar-refractivity contribution < 1.29 is 5.21 Å². The molecule has 1 saturated carbocycles. The van der Waals surface area contributed by atoms with E-state index in [1.54, 1.807) is 17.4 Å². The molecule has 0 bridgehead atoms. The van der Waals surface area contributed by atoms with Gasteiger partial charge in [-0.05, 0) is 48.2 Å². The molecule has 3 rings (SSSR count). The normalized spacial score (nSPS) is 15.2. The van der Waals surface area contributed by atoms with Crippen LogP contribution in [0.3, 0.4) is 0 Å². The smallest absolute Gasteiger partial charge is 0.226 e. The summed E-state index contributed by atoms with van der Waals surface area (Å²) < 4.78 is 0. The molecule has 0 amide bonds. The highest BCUT2D eigenvalue weighted by Gasteiger charge is 2.31. The van der Waals surface area contributed by atoms with Gasteiger partial charge in [0.2, 0.25) is 5.95 Å². The predicted molar refractivity (Wildman–Crippen MR) is 82.8 cm³/mol. The first-order valence-electron chi connectivity index (χ1n) is 6.78. The van der Waals surface area contributed by atoms with Crippen LogP contribution in [0, 0.1) is 6.92 Å². The molecule has 0 spiro atoms. The van der Waals surface area contributed by atoms with Crippen LogP contribution in [-0.2, 0) is 6.54 Å². The molecule has 2 aromatic rings. The van der Waals surface area contributed by atoms with Gasteiger partial charge in [0.1, 0.15) is 5.69 Å². The highest BCUT2D eigenvalue weighted by Crippen LogP contribution is 2.31. The average Bonchev–Trinajstić information content (AvgIpc) is 3.19. The maximum absolute atomic E-state index is 8.83. The summed E-state index contributed by atoms with van der Waals surface area (Å²) in [5.41, 5.74) is 8.16. The minimum Gasteiger partial charge on any atom is -0.409 e. The number of thiophene rings is 1. The lowest BCUT2D eigenvalue weighted by molar-refractivity contribution is 0.318. The van der Waals surface area contributed by atoms with Crippen LogP contribution in [0.25, 0.3) is 0 Å². The zero-order valence-electron chi connectivity index (χ0n) is 11.7. The number of hydrogen-bond donors (Lipinski definition) is 2. The van der Waals surface area contributed by atoms with Crippen LogP contribution in [0.1, 0.15) is 29.8 Å². The lowest BCUT2D eigenvalue weighted by atomic mass is 10.3. The number of oxime groups is 1. The predicted octanol–water partition coefficient (Wildman–Crippen LogP) is 2.11. The minimum absolute atomic E-state index is 0.00744. The largest absolute Gasteiger partial charge is 0.409 e. The molecule has 0 saturated heterocycles. The van der Waals surface area contributed by atoms with Crippen molar-refractivity contribution >= 4 is 23.1 Å². The minimum atomic E-state index is 0.00744. The average molecular weight is 303 g/mol. The highest BCUT2D eigenvalue weighted by atomic mass is 32.1. The van der Waals surface area contributed by atoms with Gasteiger partial charge in [-0.15, -0.1) is 0 Å². The Kier molecular flexibility index (Phi) is 3.74. The van der Waals surface area contributed by atoms with Gasteiger partial charge in [0.25, 0.3) is 0 Å². The lowest BCUT2D eigenvalue weighted by Gasteiger charge is -2.22. The zero-order chi connectivity index (χ0) is 14.8. The fraction of sp³-hybridized carbons (Fsp3) is 0.357. The Hall–Kier alpha value is -2.15. The first-order valence-corrected chi connectivity index (χ1v) is 7.73. The van der Waals surface area contributed by atoms with Gasteiger partial charge in [-0.3, -0.25) is 0 Å². The second-order valence-electron chi connectivity index (χ2n) is 5.17. The lowest BCUT2D eigenvalue weighted by Crippen LogP contribution is -2.28. The molecule has 1 aliphatic carbocycles. The third-order valence-electron chi connectivity index (χ3n) is 3.39. The fourth-order valence-electron chi connectivity index (χ4n) is 2.19. The van der Waals surface area contributed by atoms with Crippen LogP contribution in [0.15, 0.2) is 28.0 Å². The van der Waals surface area contributed by atoms with E-state index in [1.807, 2.05) is 6.92 Å². The molecule has 2 aromatic heterocycles. The van der Waals surface area contributed by atoms with Crippen molar-refractivity contribution in [1.29, 1.82) is 0 Å². The molecule has 6 nitrogen and oxygen atoms in total. The second-order valence-corrected chi connectivity index (χ2v) is 5.95. The molecule has 2 heterocycles. The molecule has 0 aromatic carbocycles. The van der Waals surface area contributed by atoms with Crippen LogP contribution >= 0.6 is 11.3 Å². The Morgan fingerprint density at radius 3 is 2.95 bits per heavy atom. The van der Waals surface area contributed by atoms with E-state index in [1.165, 1.54) is 5.56 Å². The van der Waals surface area contributed by atoms with Crippen LogP contribution in [0.2, 0.25) is 0 Å². The summed E-state index contributed by atoms with van der Waals surface area (Å²) in [7, 11) is 0. The highest BCUT2D eigenvalue weighted by molar-refractivity contribution is 7.07. The number of amidine groups is 1. The Labute approximate surface area is 126 Å². The van der Waals surface area contributed by atoms with Crippen molar-refractivity contribution in [3.05, 3.63) is 39.8 Å². The monoisotopic (exact) mass is 303 g/mol. The number of aromatic nitrogens is 2. The summed E-state index contributed by atoms with van der Waals surface area (Å²) in [5, 5.41) is 16.1. The van der Waals surface area contributed by atoms with Gasteiger partial charge in [-0.2, -0.15) is 11.3 Å². The van der Waals surface area contributed by atoms with E-state index in [0.29, 0.717) is 17.7 Å². The molecule has 110 valence electrons. The van der Waals surface area contributed by atoms with E-state index >= 15 is 0 Å². The number of nitrogens with two attached hydrogens (primary N) is 1. The molecule has 21 heavy (non-hydrogen) atoms. The second kappa shape index (κ2) is 5.69. The fourth-order valence-corrected chi connectivity index (χ4v) is 2.85. The Morgan fingerprint density at radius 2 is 2.33 bits per heavy atom. The van der Waals surface area contributed by atoms with Gasteiger partial charge < -0.3 is 15.8 Å². The number of nitrogens with zero attached hydrogens (tertiary/aromatic N) is 4. The van der Waals surface area contributed by atoms with Crippen molar-refractivity contribution in [3.63, 3.8) is 0 Å². The van der Waals surface area contributed by atoms with E-state index < -0.39 is 0 Å². The van der Waals surface area contributed by atoms with Gasteiger partial charge in [0, 0.05) is 18.3 Å². The first kappa shape index (κ1) is 13.8.